The fourth-order valence-corrected chi connectivity index (χ4v) is 4.21. The van der Waals surface area contributed by atoms with Gasteiger partial charge in [-0.05, 0) is 18.6 Å². The molecule has 0 saturated carbocycles. The summed E-state index contributed by atoms with van der Waals surface area (Å²) in [6.07, 6.45) is 3.72. The second-order valence-corrected chi connectivity index (χ2v) is 7.87. The molecule has 10 heteroatoms. The van der Waals surface area contributed by atoms with Gasteiger partial charge in [-0.3, -0.25) is 9.48 Å². The Morgan fingerprint density at radius 1 is 1.38 bits per heavy atom. The van der Waals surface area contributed by atoms with Crippen molar-refractivity contribution >= 4 is 29.2 Å². The van der Waals surface area contributed by atoms with Crippen LogP contribution >= 0.6 is 0 Å². The number of nitrogens with zero attached hydrogens (tertiary/aromatic N) is 3. The standard InChI is InChI=1S/C22H26F2N6O2/c1-13(31)29-7-5-19-16(11-29)22(28-30(19)15-6-8-32-12-15)27-18-4-3-17(23)20(21(18)24)14(9-25)10-26-2/h3-4,9-10,15,25-26H,5-8,11-12H2,1-2H3,(H,27,28)/b14-10+,25-9?. The molecule has 8 nitrogen and oxygen atoms in total. The summed E-state index contributed by atoms with van der Waals surface area (Å²) >= 11 is 0. The van der Waals surface area contributed by atoms with Crippen molar-refractivity contribution in [2.24, 2.45) is 0 Å². The molecule has 1 aromatic heterocycles. The zero-order valence-corrected chi connectivity index (χ0v) is 18.0. The van der Waals surface area contributed by atoms with Gasteiger partial charge in [0, 0.05) is 62.8 Å². The van der Waals surface area contributed by atoms with E-state index in [4.69, 9.17) is 15.2 Å². The molecule has 0 spiro atoms. The lowest BCUT2D eigenvalue weighted by atomic mass is 10.0. The summed E-state index contributed by atoms with van der Waals surface area (Å²) in [5, 5.41) is 17.9. The van der Waals surface area contributed by atoms with Crippen LogP contribution in [0.15, 0.2) is 18.3 Å². The van der Waals surface area contributed by atoms with Crippen molar-refractivity contribution < 1.29 is 18.3 Å². The quantitative estimate of drug-likeness (QED) is 0.596. The Morgan fingerprint density at radius 3 is 2.84 bits per heavy atom. The highest BCUT2D eigenvalue weighted by Gasteiger charge is 2.31. The molecule has 4 rings (SSSR count). The number of anilines is 2. The number of carbonyl (C=O) groups excluding carboxylic acids is 1. The maximum absolute atomic E-state index is 15.3. The molecular formula is C22H26F2N6O2. The molecule has 0 bridgehead atoms. The van der Waals surface area contributed by atoms with Crippen LogP contribution in [0.2, 0.25) is 0 Å². The van der Waals surface area contributed by atoms with Gasteiger partial charge in [0.25, 0.3) is 0 Å². The van der Waals surface area contributed by atoms with Crippen LogP contribution in [0.3, 0.4) is 0 Å². The molecule has 1 unspecified atom stereocenters. The zero-order valence-electron chi connectivity index (χ0n) is 18.0. The Labute approximate surface area is 184 Å². The molecule has 2 aliphatic heterocycles. The van der Waals surface area contributed by atoms with Crippen molar-refractivity contribution in [3.63, 3.8) is 0 Å². The normalized spacial score (nSPS) is 18.4. The molecule has 2 aliphatic rings. The van der Waals surface area contributed by atoms with Crippen molar-refractivity contribution in [3.8, 4) is 0 Å². The van der Waals surface area contributed by atoms with Crippen molar-refractivity contribution in [2.75, 3.05) is 32.1 Å². The van der Waals surface area contributed by atoms with Gasteiger partial charge in [-0.2, -0.15) is 5.10 Å². The summed E-state index contributed by atoms with van der Waals surface area (Å²) in [7, 11) is 1.59. The number of carbonyl (C=O) groups is 1. The highest BCUT2D eigenvalue weighted by molar-refractivity contribution is 6.08. The minimum atomic E-state index is -0.818. The molecule has 2 aromatic rings. The number of fused-ring (bicyclic) bond motifs is 1. The maximum atomic E-state index is 15.3. The van der Waals surface area contributed by atoms with Crippen LogP contribution in [-0.2, 0) is 22.5 Å². The second kappa shape index (κ2) is 9.07. The predicted molar refractivity (Wildman–Crippen MR) is 117 cm³/mol. The number of hydrogen-bond donors (Lipinski definition) is 3. The summed E-state index contributed by atoms with van der Waals surface area (Å²) < 4.78 is 37.2. The van der Waals surface area contributed by atoms with Gasteiger partial charge in [-0.15, -0.1) is 0 Å². The van der Waals surface area contributed by atoms with E-state index in [1.165, 1.54) is 19.2 Å². The number of nitrogens with one attached hydrogen (secondary N) is 3. The van der Waals surface area contributed by atoms with Gasteiger partial charge in [0.15, 0.2) is 11.6 Å². The highest BCUT2D eigenvalue weighted by atomic mass is 19.1. The number of halogens is 2. The third-order valence-electron chi connectivity index (χ3n) is 5.87. The molecule has 1 atom stereocenters. The lowest BCUT2D eigenvalue weighted by Gasteiger charge is -2.27. The Kier molecular flexibility index (Phi) is 6.22. The second-order valence-electron chi connectivity index (χ2n) is 7.87. The predicted octanol–water partition coefficient (Wildman–Crippen LogP) is 2.98. The topological polar surface area (TPSA) is 95.3 Å². The van der Waals surface area contributed by atoms with Crippen molar-refractivity contribution in [2.45, 2.75) is 32.4 Å². The van der Waals surface area contributed by atoms with Gasteiger partial charge in [0.2, 0.25) is 5.91 Å². The molecule has 3 heterocycles. The number of aromatic nitrogens is 2. The zero-order chi connectivity index (χ0) is 22.8. The third-order valence-corrected chi connectivity index (χ3v) is 5.87. The summed E-state index contributed by atoms with van der Waals surface area (Å²) in [5.41, 5.74) is 1.63. The largest absolute Gasteiger partial charge is 0.393 e. The number of benzene rings is 1. The molecule has 1 amide bonds. The van der Waals surface area contributed by atoms with E-state index in [-0.39, 0.29) is 28.8 Å². The molecule has 1 saturated heterocycles. The van der Waals surface area contributed by atoms with Crippen LogP contribution in [-0.4, -0.2) is 53.6 Å². The Morgan fingerprint density at radius 2 is 2.19 bits per heavy atom. The minimum Gasteiger partial charge on any atom is -0.393 e. The summed E-state index contributed by atoms with van der Waals surface area (Å²) in [4.78, 5) is 13.7. The number of hydrogen-bond acceptors (Lipinski definition) is 6. The highest BCUT2D eigenvalue weighted by Crippen LogP contribution is 2.34. The van der Waals surface area contributed by atoms with E-state index in [0.29, 0.717) is 38.5 Å². The number of amides is 1. The first-order valence-corrected chi connectivity index (χ1v) is 10.5. The molecule has 1 fully saturated rings. The van der Waals surface area contributed by atoms with Crippen LogP contribution in [0.1, 0.15) is 36.2 Å². The van der Waals surface area contributed by atoms with Crippen LogP contribution in [0.25, 0.3) is 5.57 Å². The van der Waals surface area contributed by atoms with E-state index in [1.54, 1.807) is 11.9 Å². The van der Waals surface area contributed by atoms with Gasteiger partial charge < -0.3 is 25.7 Å². The summed E-state index contributed by atoms with van der Waals surface area (Å²) in [5.74, 6) is -1.19. The molecule has 0 radical (unpaired) electrons. The Bertz CT molecular complexity index is 1070. The Hall–Kier alpha value is -3.27. The molecule has 0 aliphatic carbocycles. The van der Waals surface area contributed by atoms with E-state index in [1.807, 2.05) is 4.68 Å². The van der Waals surface area contributed by atoms with E-state index in [0.717, 1.165) is 30.0 Å². The van der Waals surface area contributed by atoms with Gasteiger partial charge in [0.05, 0.1) is 30.4 Å². The molecule has 3 N–H and O–H groups in total. The van der Waals surface area contributed by atoms with Crippen LogP contribution in [0.4, 0.5) is 20.3 Å². The molecular weight excluding hydrogens is 418 g/mol. The Balaban J connectivity index is 1.76. The van der Waals surface area contributed by atoms with Crippen LogP contribution in [0, 0.1) is 17.0 Å². The first kappa shape index (κ1) is 21.9. The SMILES string of the molecule is CN/C=C(\C=N)c1c(F)ccc(Nc2nn(C3CCOC3)c3c2CN(C(C)=O)CC3)c1F. The lowest BCUT2D eigenvalue weighted by molar-refractivity contribution is -0.129. The fourth-order valence-electron chi connectivity index (χ4n) is 4.21. The first-order valence-electron chi connectivity index (χ1n) is 10.5. The van der Waals surface area contributed by atoms with Gasteiger partial charge in [0.1, 0.15) is 5.82 Å². The average Bonchev–Trinajstić information content (AvgIpc) is 3.43. The first-order chi connectivity index (χ1) is 15.4. The summed E-state index contributed by atoms with van der Waals surface area (Å²) in [6, 6.07) is 2.55. The fraction of sp³-hybridized carbons (Fsp3) is 0.409. The van der Waals surface area contributed by atoms with E-state index >= 15 is 4.39 Å². The van der Waals surface area contributed by atoms with E-state index < -0.39 is 11.6 Å². The molecule has 1 aromatic carbocycles. The lowest BCUT2D eigenvalue weighted by Crippen LogP contribution is -2.35. The minimum absolute atomic E-state index is 0.0402. The van der Waals surface area contributed by atoms with Crippen molar-refractivity contribution in [1.82, 2.24) is 20.0 Å². The number of allylic oxidation sites excluding steroid dienone is 1. The third kappa shape index (κ3) is 3.97. The number of ether oxygens (including phenoxy) is 1. The molecule has 170 valence electrons. The average molecular weight is 444 g/mol. The summed E-state index contributed by atoms with van der Waals surface area (Å²) in [6.45, 7) is 3.68. The van der Waals surface area contributed by atoms with Gasteiger partial charge in [-0.25, -0.2) is 8.78 Å². The van der Waals surface area contributed by atoms with Crippen molar-refractivity contribution in [3.05, 3.63) is 46.8 Å². The monoisotopic (exact) mass is 444 g/mol. The van der Waals surface area contributed by atoms with E-state index in [9.17, 15) is 9.18 Å². The number of rotatable bonds is 6. The smallest absolute Gasteiger partial charge is 0.219 e. The van der Waals surface area contributed by atoms with Crippen LogP contribution < -0.4 is 10.6 Å². The molecule has 32 heavy (non-hydrogen) atoms. The van der Waals surface area contributed by atoms with E-state index in [2.05, 4.69) is 10.6 Å². The van der Waals surface area contributed by atoms with Crippen LogP contribution in [0.5, 0.6) is 0 Å². The van der Waals surface area contributed by atoms with Gasteiger partial charge >= 0.3 is 0 Å². The van der Waals surface area contributed by atoms with Crippen molar-refractivity contribution in [1.29, 1.82) is 5.41 Å². The maximum Gasteiger partial charge on any atom is 0.219 e. The van der Waals surface area contributed by atoms with Gasteiger partial charge in [-0.1, -0.05) is 0 Å².